The average molecular weight is 519 g/mol. The molecule has 0 aliphatic heterocycles. The van der Waals surface area contributed by atoms with E-state index in [1.165, 1.54) is 0 Å². The first-order chi connectivity index (χ1) is 17.7. The largest absolute Gasteiger partial charge is 0.463 e. The molecule has 0 bridgehead atoms. The van der Waals surface area contributed by atoms with Gasteiger partial charge < -0.3 is 28.4 Å². The van der Waals surface area contributed by atoms with Crippen LogP contribution >= 0.6 is 0 Å². The smallest absolute Gasteiger partial charge is 0.305 e. The highest BCUT2D eigenvalue weighted by molar-refractivity contribution is 5.69. The molecule has 0 aliphatic carbocycles. The molecule has 0 aromatic heterocycles. The molecule has 8 heteroatoms. The molecule has 0 aliphatic rings. The zero-order valence-electron chi connectivity index (χ0n) is 23.2. The summed E-state index contributed by atoms with van der Waals surface area (Å²) in [7, 11) is 0. The molecule has 0 unspecified atom stereocenters. The van der Waals surface area contributed by atoms with Crippen molar-refractivity contribution in [2.75, 3.05) is 66.1 Å². The van der Waals surface area contributed by atoms with Gasteiger partial charge in [-0.1, -0.05) is 65.2 Å². The van der Waals surface area contributed by atoms with E-state index in [2.05, 4.69) is 13.8 Å². The highest BCUT2D eigenvalue weighted by atomic mass is 16.6. The molecule has 8 nitrogen and oxygen atoms in total. The van der Waals surface area contributed by atoms with E-state index >= 15 is 0 Å². The number of hydrogen-bond donors (Lipinski definition) is 0. The van der Waals surface area contributed by atoms with Crippen LogP contribution in [-0.4, -0.2) is 78.0 Å². The van der Waals surface area contributed by atoms with Crippen molar-refractivity contribution in [2.45, 2.75) is 104 Å². The molecule has 0 rings (SSSR count). The van der Waals surface area contributed by atoms with Crippen molar-refractivity contribution in [1.29, 1.82) is 0 Å². The topological polar surface area (TPSA) is 89.5 Å². The fourth-order valence-corrected chi connectivity index (χ4v) is 3.31. The first kappa shape index (κ1) is 34.8. The zero-order valence-corrected chi connectivity index (χ0v) is 23.2. The lowest BCUT2D eigenvalue weighted by Gasteiger charge is -2.07. The molecule has 0 amide bonds. The van der Waals surface area contributed by atoms with Gasteiger partial charge in [0.1, 0.15) is 13.2 Å². The van der Waals surface area contributed by atoms with Gasteiger partial charge in [0.05, 0.1) is 39.6 Å². The summed E-state index contributed by atoms with van der Waals surface area (Å²) in [5.41, 5.74) is 0. The molecule has 36 heavy (non-hydrogen) atoms. The second kappa shape index (κ2) is 30.0. The molecule has 0 saturated carbocycles. The number of hydrogen-bond acceptors (Lipinski definition) is 8. The van der Waals surface area contributed by atoms with Gasteiger partial charge in [0.15, 0.2) is 0 Å². The molecule has 0 radical (unpaired) electrons. The summed E-state index contributed by atoms with van der Waals surface area (Å²) in [5.74, 6) is -0.291. The monoisotopic (exact) mass is 518 g/mol. The maximum absolute atomic E-state index is 11.7. The minimum atomic E-state index is -0.146. The number of esters is 2. The number of carbonyl (C=O) groups excluding carboxylic acids is 2. The van der Waals surface area contributed by atoms with Crippen LogP contribution in [0, 0.1) is 0 Å². The number of rotatable bonds is 29. The minimum Gasteiger partial charge on any atom is -0.463 e. The zero-order chi connectivity index (χ0) is 26.4. The third-order valence-electron chi connectivity index (χ3n) is 5.52. The van der Waals surface area contributed by atoms with E-state index in [0.29, 0.717) is 65.7 Å². The normalized spacial score (nSPS) is 11.1. The summed E-state index contributed by atoms with van der Waals surface area (Å²) in [6.07, 6.45) is 13.7. The number of carbonyl (C=O) groups is 2. The van der Waals surface area contributed by atoms with Crippen LogP contribution in [0.4, 0.5) is 0 Å². The second-order valence-corrected chi connectivity index (χ2v) is 8.93. The second-order valence-electron chi connectivity index (χ2n) is 8.93. The van der Waals surface area contributed by atoms with Crippen LogP contribution in [0.3, 0.4) is 0 Å². The fraction of sp³-hybridized carbons (Fsp3) is 0.929. The minimum absolute atomic E-state index is 0.146. The van der Waals surface area contributed by atoms with Crippen LogP contribution < -0.4 is 0 Å². The van der Waals surface area contributed by atoms with E-state index in [-0.39, 0.29) is 11.9 Å². The van der Waals surface area contributed by atoms with E-state index in [1.54, 1.807) is 0 Å². The Labute approximate surface area is 220 Å². The average Bonchev–Trinajstić information content (AvgIpc) is 2.87. The van der Waals surface area contributed by atoms with Crippen molar-refractivity contribution < 1.29 is 38.0 Å². The molecule has 0 saturated heterocycles. The van der Waals surface area contributed by atoms with Gasteiger partial charge in [0.25, 0.3) is 0 Å². The lowest BCUT2D eigenvalue weighted by Crippen LogP contribution is -2.13. The molecule has 0 atom stereocenters. The van der Waals surface area contributed by atoms with E-state index in [0.717, 1.165) is 90.3 Å². The van der Waals surface area contributed by atoms with Crippen molar-refractivity contribution in [3.05, 3.63) is 0 Å². The highest BCUT2D eigenvalue weighted by Gasteiger charge is 2.04. The quantitative estimate of drug-likeness (QED) is 0.0928. The summed E-state index contributed by atoms with van der Waals surface area (Å²) in [6.45, 7) is 9.53. The van der Waals surface area contributed by atoms with E-state index < -0.39 is 0 Å². The van der Waals surface area contributed by atoms with Gasteiger partial charge in [-0.15, -0.1) is 0 Å². The molecule has 214 valence electrons. The van der Waals surface area contributed by atoms with Gasteiger partial charge in [0.2, 0.25) is 0 Å². The Balaban J connectivity index is 3.24. The number of ether oxygens (including phenoxy) is 6. The van der Waals surface area contributed by atoms with E-state index in [9.17, 15) is 9.59 Å². The fourth-order valence-electron chi connectivity index (χ4n) is 3.31. The predicted octanol–water partition coefficient (Wildman–Crippen LogP) is 5.64. The van der Waals surface area contributed by atoms with Crippen LogP contribution in [0.15, 0.2) is 0 Å². The Hall–Kier alpha value is -1.22. The lowest BCUT2D eigenvalue weighted by molar-refractivity contribution is -0.146. The van der Waals surface area contributed by atoms with Crippen molar-refractivity contribution >= 4 is 11.9 Å². The van der Waals surface area contributed by atoms with Crippen molar-refractivity contribution in [1.82, 2.24) is 0 Å². The Bertz CT molecular complexity index is 430. The summed E-state index contributed by atoms with van der Waals surface area (Å²) in [4.78, 5) is 23.4. The van der Waals surface area contributed by atoms with Gasteiger partial charge in [-0.05, 0) is 25.7 Å². The molecule has 0 aromatic rings. The molecule has 0 aromatic carbocycles. The highest BCUT2D eigenvalue weighted by Crippen LogP contribution is 2.11. The molecule has 0 fully saturated rings. The maximum atomic E-state index is 11.7. The van der Waals surface area contributed by atoms with Crippen molar-refractivity contribution in [3.63, 3.8) is 0 Å². The first-order valence-corrected chi connectivity index (χ1v) is 14.3. The summed E-state index contributed by atoms with van der Waals surface area (Å²) < 4.78 is 31.9. The molecular weight excluding hydrogens is 464 g/mol. The standard InChI is InChI=1S/C28H54O8/c1-3-5-17-31-19-21-33-23-25-35-27(29)15-13-11-9-7-8-10-12-14-16-28(30)36-26-24-34-22-20-32-18-6-4-2/h3-26H2,1-2H3. The van der Waals surface area contributed by atoms with E-state index in [4.69, 9.17) is 28.4 Å². The number of unbranched alkanes of at least 4 members (excludes halogenated alkanes) is 9. The summed E-state index contributed by atoms with van der Waals surface area (Å²) in [5, 5.41) is 0. The SMILES string of the molecule is CCCCOCCOCCOC(=O)CCCCCCCCCCC(=O)OCCOCCOCCCC. The third kappa shape index (κ3) is 29.0. The van der Waals surface area contributed by atoms with Crippen molar-refractivity contribution in [3.8, 4) is 0 Å². The Morgan fingerprint density at radius 3 is 1.06 bits per heavy atom. The molecule has 0 N–H and O–H groups in total. The van der Waals surface area contributed by atoms with Crippen LogP contribution in [0.2, 0.25) is 0 Å². The Morgan fingerprint density at radius 2 is 0.694 bits per heavy atom. The van der Waals surface area contributed by atoms with E-state index in [1.807, 2.05) is 0 Å². The predicted molar refractivity (Wildman–Crippen MR) is 141 cm³/mol. The summed E-state index contributed by atoms with van der Waals surface area (Å²) in [6, 6.07) is 0. The maximum Gasteiger partial charge on any atom is 0.305 e. The van der Waals surface area contributed by atoms with Gasteiger partial charge >= 0.3 is 11.9 Å². The van der Waals surface area contributed by atoms with Gasteiger partial charge in [0, 0.05) is 26.1 Å². The van der Waals surface area contributed by atoms with Crippen LogP contribution in [-0.2, 0) is 38.0 Å². The molecular formula is C28H54O8. The lowest BCUT2D eigenvalue weighted by atomic mass is 10.1. The van der Waals surface area contributed by atoms with Crippen molar-refractivity contribution in [2.24, 2.45) is 0 Å². The van der Waals surface area contributed by atoms with Gasteiger partial charge in [-0.2, -0.15) is 0 Å². The van der Waals surface area contributed by atoms with Gasteiger partial charge in [-0.25, -0.2) is 0 Å². The van der Waals surface area contributed by atoms with Crippen LogP contribution in [0.25, 0.3) is 0 Å². The third-order valence-corrected chi connectivity index (χ3v) is 5.52. The Kier molecular flexibility index (Phi) is 29.0. The van der Waals surface area contributed by atoms with Gasteiger partial charge in [-0.3, -0.25) is 9.59 Å². The summed E-state index contributed by atoms with van der Waals surface area (Å²) >= 11 is 0. The molecule has 0 heterocycles. The van der Waals surface area contributed by atoms with Crippen LogP contribution in [0.5, 0.6) is 0 Å². The van der Waals surface area contributed by atoms with Crippen LogP contribution in [0.1, 0.15) is 104 Å². The Morgan fingerprint density at radius 1 is 0.389 bits per heavy atom. The molecule has 0 spiro atoms. The first-order valence-electron chi connectivity index (χ1n) is 14.3.